The molecule has 1 spiro atoms. The van der Waals surface area contributed by atoms with E-state index in [1.807, 2.05) is 36.4 Å². The van der Waals surface area contributed by atoms with Crippen molar-refractivity contribution in [1.82, 2.24) is 9.80 Å². The number of ether oxygens (including phenoxy) is 2. The van der Waals surface area contributed by atoms with Gasteiger partial charge in [0.15, 0.2) is 0 Å². The van der Waals surface area contributed by atoms with Crippen molar-refractivity contribution in [2.24, 2.45) is 5.92 Å². The van der Waals surface area contributed by atoms with Crippen LogP contribution in [-0.2, 0) is 32.6 Å². The number of carbonyl (C=O) groups excluding carboxylic acids is 2. The van der Waals surface area contributed by atoms with Crippen LogP contribution < -0.4 is 4.74 Å². The molecule has 2 aliphatic carbocycles. The van der Waals surface area contributed by atoms with Gasteiger partial charge in [0.1, 0.15) is 17.5 Å². The number of hydrogen-bond donors (Lipinski definition) is 0. The van der Waals surface area contributed by atoms with Crippen LogP contribution in [0, 0.1) is 5.92 Å². The van der Waals surface area contributed by atoms with Crippen LogP contribution in [0.4, 0.5) is 0 Å². The molecule has 3 aromatic rings. The average molecular weight is 605 g/mol. The predicted molar refractivity (Wildman–Crippen MR) is 176 cm³/mol. The van der Waals surface area contributed by atoms with Crippen LogP contribution in [0.3, 0.4) is 0 Å². The topological polar surface area (TPSA) is 59.1 Å². The van der Waals surface area contributed by atoms with Crippen molar-refractivity contribution in [3.8, 4) is 5.75 Å². The maximum atomic E-state index is 14.1. The summed E-state index contributed by atoms with van der Waals surface area (Å²) in [6, 6.07) is 26.9. The minimum atomic E-state index is -0.721. The lowest BCUT2D eigenvalue weighted by Gasteiger charge is -2.65. The highest BCUT2D eigenvalue weighted by molar-refractivity contribution is 5.92. The number of benzene rings is 3. The van der Waals surface area contributed by atoms with Gasteiger partial charge in [-0.05, 0) is 73.4 Å². The molecule has 2 heterocycles. The van der Waals surface area contributed by atoms with Crippen molar-refractivity contribution < 1.29 is 19.1 Å². The zero-order valence-corrected chi connectivity index (χ0v) is 26.7. The van der Waals surface area contributed by atoms with Crippen molar-refractivity contribution in [2.75, 3.05) is 19.6 Å². The molecule has 0 aromatic heterocycles. The summed E-state index contributed by atoms with van der Waals surface area (Å²) in [5.41, 5.74) is 3.59. The third kappa shape index (κ3) is 4.98. The molecule has 6 heteroatoms. The zero-order chi connectivity index (χ0) is 31.2. The third-order valence-electron chi connectivity index (χ3n) is 10.7. The van der Waals surface area contributed by atoms with Gasteiger partial charge in [-0.2, -0.15) is 0 Å². The van der Waals surface area contributed by atoms with Gasteiger partial charge in [-0.15, -0.1) is 0 Å². The van der Waals surface area contributed by atoms with Crippen LogP contribution in [0.5, 0.6) is 5.75 Å². The molecule has 3 aromatic carbocycles. The first kappa shape index (κ1) is 29.8. The van der Waals surface area contributed by atoms with E-state index in [-0.39, 0.29) is 36.0 Å². The Labute approximate surface area is 267 Å². The van der Waals surface area contributed by atoms with Crippen LogP contribution in [0.15, 0.2) is 84.9 Å². The van der Waals surface area contributed by atoms with Crippen LogP contribution in [0.1, 0.15) is 62.3 Å². The summed E-state index contributed by atoms with van der Waals surface area (Å²) in [4.78, 5) is 31.7. The van der Waals surface area contributed by atoms with E-state index in [9.17, 15) is 9.59 Å². The molecule has 234 valence electrons. The first-order chi connectivity index (χ1) is 21.8. The van der Waals surface area contributed by atoms with E-state index in [1.165, 1.54) is 16.7 Å². The second-order valence-electron chi connectivity index (χ2n) is 13.8. The minimum absolute atomic E-state index is 0.00127. The molecule has 5 atom stereocenters. The molecular weight excluding hydrogens is 560 g/mol. The molecule has 0 N–H and O–H groups in total. The summed E-state index contributed by atoms with van der Waals surface area (Å²) < 4.78 is 13.7. The predicted octanol–water partition coefficient (Wildman–Crippen LogP) is 6.22. The maximum absolute atomic E-state index is 14.1. The second kappa shape index (κ2) is 11.8. The molecule has 0 radical (unpaired) electrons. The Balaban J connectivity index is 1.28. The summed E-state index contributed by atoms with van der Waals surface area (Å²) in [6.45, 7) is 8.31. The Morgan fingerprint density at radius 1 is 1.02 bits per heavy atom. The van der Waals surface area contributed by atoms with E-state index in [2.05, 4.69) is 72.2 Å². The van der Waals surface area contributed by atoms with Crippen molar-refractivity contribution in [3.63, 3.8) is 0 Å². The van der Waals surface area contributed by atoms with E-state index in [4.69, 9.17) is 9.47 Å². The molecule has 4 aliphatic rings. The van der Waals surface area contributed by atoms with E-state index in [0.29, 0.717) is 19.4 Å². The second-order valence-corrected chi connectivity index (χ2v) is 13.8. The highest BCUT2D eigenvalue weighted by atomic mass is 16.6. The van der Waals surface area contributed by atoms with Crippen molar-refractivity contribution in [3.05, 3.63) is 107 Å². The van der Waals surface area contributed by atoms with Gasteiger partial charge in [-0.3, -0.25) is 14.5 Å². The molecular formula is C39H44N2O4. The fourth-order valence-electron chi connectivity index (χ4n) is 9.12. The summed E-state index contributed by atoms with van der Waals surface area (Å²) in [6.07, 6.45) is 7.32. The Morgan fingerprint density at radius 3 is 2.51 bits per heavy atom. The SMILES string of the molecule is CC(=O)O[C@@]12CC[C@H](N(CC(C)C)C(=O)C=Cc3ccccc3)[C@@H]3Oc4cccc5c4[C@@]31CCN(CCc1ccccc1)[C@@H]2C5. The molecule has 2 aliphatic heterocycles. The quantitative estimate of drug-likeness (QED) is 0.214. The van der Waals surface area contributed by atoms with E-state index >= 15 is 0 Å². The highest BCUT2D eigenvalue weighted by Gasteiger charge is 2.75. The van der Waals surface area contributed by atoms with E-state index in [0.717, 1.165) is 43.7 Å². The highest BCUT2D eigenvalue weighted by Crippen LogP contribution is 2.65. The van der Waals surface area contributed by atoms with Crippen LogP contribution in [0.25, 0.3) is 6.08 Å². The van der Waals surface area contributed by atoms with Crippen molar-refractivity contribution in [1.29, 1.82) is 0 Å². The number of amides is 1. The average Bonchev–Trinajstić information content (AvgIpc) is 3.38. The van der Waals surface area contributed by atoms with Crippen LogP contribution in [0.2, 0.25) is 0 Å². The molecule has 1 amide bonds. The lowest BCUT2D eigenvalue weighted by molar-refractivity contribution is -0.224. The van der Waals surface area contributed by atoms with Gasteiger partial charge >= 0.3 is 5.97 Å². The zero-order valence-electron chi connectivity index (χ0n) is 26.7. The van der Waals surface area contributed by atoms with Gasteiger partial charge in [-0.25, -0.2) is 0 Å². The number of likely N-dealkylation sites (tertiary alicyclic amines) is 1. The van der Waals surface area contributed by atoms with E-state index in [1.54, 1.807) is 13.0 Å². The fourth-order valence-corrected chi connectivity index (χ4v) is 9.12. The first-order valence-electron chi connectivity index (χ1n) is 16.6. The normalized spacial score (nSPS) is 28.0. The third-order valence-corrected chi connectivity index (χ3v) is 10.7. The molecule has 1 saturated carbocycles. The van der Waals surface area contributed by atoms with Gasteiger partial charge in [0.25, 0.3) is 0 Å². The lowest BCUT2D eigenvalue weighted by atomic mass is 9.48. The monoisotopic (exact) mass is 604 g/mol. The molecule has 7 rings (SSSR count). The number of esters is 1. The Bertz CT molecular complexity index is 1590. The number of carbonyl (C=O) groups is 2. The minimum Gasteiger partial charge on any atom is -0.487 e. The molecule has 0 unspecified atom stereocenters. The molecule has 2 bridgehead atoms. The standard InChI is InChI=1S/C39H44N2O4/c1-27(2)26-41(35(43)18-17-29-11-6-4-7-12-29)32-19-21-39(45-28(3)42)34-25-31-15-10-16-33-36(31)38(39,37(32)44-33)22-24-40(34)23-20-30-13-8-5-9-14-30/h4-18,27,32,34,37H,19-26H2,1-3H3/t32-,34+,37-,38-,39+/m0/s1. The first-order valence-corrected chi connectivity index (χ1v) is 16.6. The van der Waals surface area contributed by atoms with Gasteiger partial charge in [-0.1, -0.05) is 86.6 Å². The largest absolute Gasteiger partial charge is 0.487 e. The van der Waals surface area contributed by atoms with Crippen molar-refractivity contribution in [2.45, 2.75) is 82.1 Å². The van der Waals surface area contributed by atoms with E-state index < -0.39 is 11.0 Å². The van der Waals surface area contributed by atoms with Crippen LogP contribution >= 0.6 is 0 Å². The van der Waals surface area contributed by atoms with Gasteiger partial charge in [0.2, 0.25) is 5.91 Å². The molecule has 1 saturated heterocycles. The number of nitrogens with zero attached hydrogens (tertiary/aromatic N) is 2. The number of rotatable bonds is 9. The van der Waals surface area contributed by atoms with Gasteiger partial charge < -0.3 is 14.4 Å². The summed E-state index contributed by atoms with van der Waals surface area (Å²) >= 11 is 0. The Morgan fingerprint density at radius 2 is 1.78 bits per heavy atom. The smallest absolute Gasteiger partial charge is 0.303 e. The summed E-state index contributed by atoms with van der Waals surface area (Å²) in [5.74, 6) is 0.945. The maximum Gasteiger partial charge on any atom is 0.303 e. The Hall–Kier alpha value is -3.90. The molecule has 6 nitrogen and oxygen atoms in total. The number of piperidine rings is 1. The summed E-state index contributed by atoms with van der Waals surface area (Å²) in [7, 11) is 0. The fraction of sp³-hybridized carbons (Fsp3) is 0.436. The van der Waals surface area contributed by atoms with Crippen molar-refractivity contribution >= 4 is 18.0 Å². The molecule has 2 fully saturated rings. The van der Waals surface area contributed by atoms with Crippen LogP contribution in [-0.4, -0.2) is 65.1 Å². The lowest BCUT2D eigenvalue weighted by Crippen LogP contribution is -2.79. The molecule has 45 heavy (non-hydrogen) atoms. The summed E-state index contributed by atoms with van der Waals surface area (Å²) in [5, 5.41) is 0. The van der Waals surface area contributed by atoms with Gasteiger partial charge in [0.05, 0.1) is 17.5 Å². The van der Waals surface area contributed by atoms with Gasteiger partial charge in [0, 0.05) is 31.7 Å². The Kier molecular flexibility index (Phi) is 7.81. The number of hydrogen-bond acceptors (Lipinski definition) is 5.